The molecule has 0 saturated heterocycles. The third-order valence-corrected chi connectivity index (χ3v) is 0.750. The molecule has 5 heteroatoms. The van der Waals surface area contributed by atoms with Crippen LogP contribution in [0.2, 0.25) is 0 Å². The van der Waals surface area contributed by atoms with Crippen molar-refractivity contribution < 1.29 is 65.4 Å². The first-order valence-electron chi connectivity index (χ1n) is 2.83. The summed E-state index contributed by atoms with van der Waals surface area (Å²) in [6, 6.07) is 0. The fourth-order valence-corrected chi connectivity index (χ4v) is 0.364. The smallest absolute Gasteiger partial charge is 0.0463 e. The molecule has 0 amide bonds. The average Bonchev–Trinajstić information content (AvgIpc) is 1.81. The molecule has 56 valence electrons. The van der Waals surface area contributed by atoms with Crippen molar-refractivity contribution in [2.75, 3.05) is 19.9 Å². The Kier molecular flexibility index (Phi) is 31.0. The maximum Gasteiger partial charge on any atom is 0.0463 e. The summed E-state index contributed by atoms with van der Waals surface area (Å²) in [6.07, 6.45) is 0. The summed E-state index contributed by atoms with van der Waals surface area (Å²) in [4.78, 5) is 0. The molecule has 0 aromatic heterocycles. The SMILES string of the molecule is [CH2-]NCNCNCC.[Y].[Y]. The zero-order chi connectivity index (χ0) is 6.24. The van der Waals surface area contributed by atoms with Crippen LogP contribution in [0.25, 0.3) is 0 Å². The van der Waals surface area contributed by atoms with Crippen LogP contribution in [-0.4, -0.2) is 19.9 Å². The van der Waals surface area contributed by atoms with E-state index in [0.717, 1.165) is 19.9 Å². The third-order valence-electron chi connectivity index (χ3n) is 0.750. The van der Waals surface area contributed by atoms with Crippen molar-refractivity contribution in [3.05, 3.63) is 7.05 Å². The summed E-state index contributed by atoms with van der Waals surface area (Å²) in [5.41, 5.74) is 0. The second-order valence-corrected chi connectivity index (χ2v) is 1.46. The molecule has 0 fully saturated rings. The standard InChI is InChI=1S/C5H14N3.2Y/c1-3-7-5-8-4-6-2;;/h6-8H,2-5H2,1H3;;/q-1;;. The van der Waals surface area contributed by atoms with Gasteiger partial charge in [-0.05, 0) is 6.54 Å². The molecule has 0 heterocycles. The van der Waals surface area contributed by atoms with Gasteiger partial charge in [0.25, 0.3) is 0 Å². The molecule has 0 aliphatic rings. The first-order valence-corrected chi connectivity index (χ1v) is 2.83. The molecule has 0 saturated carbocycles. The van der Waals surface area contributed by atoms with Gasteiger partial charge in [-0.25, -0.2) is 0 Å². The maximum atomic E-state index is 3.44. The predicted molar refractivity (Wildman–Crippen MR) is 35.0 cm³/mol. The van der Waals surface area contributed by atoms with Gasteiger partial charge in [-0.2, -0.15) is 0 Å². The quantitative estimate of drug-likeness (QED) is 0.363. The van der Waals surface area contributed by atoms with Crippen molar-refractivity contribution in [3.63, 3.8) is 0 Å². The van der Waals surface area contributed by atoms with E-state index in [9.17, 15) is 0 Å². The molecule has 0 unspecified atom stereocenters. The van der Waals surface area contributed by atoms with Crippen molar-refractivity contribution in [2.45, 2.75) is 6.92 Å². The first-order chi connectivity index (χ1) is 3.91. The first kappa shape index (κ1) is 18.0. The Morgan fingerprint density at radius 2 is 1.70 bits per heavy atom. The molecule has 0 atom stereocenters. The van der Waals surface area contributed by atoms with Gasteiger partial charge in [-0.15, -0.1) is 0 Å². The minimum absolute atomic E-state index is 0. The molecule has 10 heavy (non-hydrogen) atoms. The van der Waals surface area contributed by atoms with E-state index in [4.69, 9.17) is 0 Å². The summed E-state index contributed by atoms with van der Waals surface area (Å²) in [6.45, 7) is 4.68. The topological polar surface area (TPSA) is 36.1 Å². The van der Waals surface area contributed by atoms with Crippen molar-refractivity contribution in [3.8, 4) is 0 Å². The Hall–Kier alpha value is 2.09. The molecule has 0 spiro atoms. The number of nitrogens with one attached hydrogen (secondary N) is 3. The molecule has 0 aliphatic carbocycles. The summed E-state index contributed by atoms with van der Waals surface area (Å²) in [5.74, 6) is 0. The second kappa shape index (κ2) is 17.2. The molecular formula is C5H14N3Y2-. The fraction of sp³-hybridized carbons (Fsp3) is 0.800. The van der Waals surface area contributed by atoms with Crippen LogP contribution in [0.4, 0.5) is 0 Å². The van der Waals surface area contributed by atoms with Gasteiger partial charge >= 0.3 is 0 Å². The van der Waals surface area contributed by atoms with Crippen molar-refractivity contribution in [1.29, 1.82) is 0 Å². The predicted octanol–water partition coefficient (Wildman–Crippen LogP) is -0.523. The van der Waals surface area contributed by atoms with Crippen LogP contribution in [0, 0.1) is 7.05 Å². The van der Waals surface area contributed by atoms with Crippen molar-refractivity contribution in [1.82, 2.24) is 16.0 Å². The van der Waals surface area contributed by atoms with Gasteiger partial charge in [0.05, 0.1) is 0 Å². The summed E-state index contributed by atoms with van der Waals surface area (Å²) in [7, 11) is 3.44. The molecule has 0 rings (SSSR count). The van der Waals surface area contributed by atoms with E-state index >= 15 is 0 Å². The van der Waals surface area contributed by atoms with E-state index in [0.29, 0.717) is 0 Å². The largest absolute Gasteiger partial charge is 0.461 e. The number of hydrogen-bond donors (Lipinski definition) is 3. The number of hydrogen-bond acceptors (Lipinski definition) is 3. The fourth-order valence-electron chi connectivity index (χ4n) is 0.364. The molecule has 3 N–H and O–H groups in total. The Morgan fingerprint density at radius 3 is 2.10 bits per heavy atom. The van der Waals surface area contributed by atoms with Crippen molar-refractivity contribution >= 4 is 0 Å². The Labute approximate surface area is 114 Å². The minimum Gasteiger partial charge on any atom is -0.461 e. The molecular weight excluding hydrogens is 280 g/mol. The van der Waals surface area contributed by atoms with Gasteiger partial charge in [0.1, 0.15) is 0 Å². The van der Waals surface area contributed by atoms with Gasteiger partial charge in [-0.1, -0.05) is 6.92 Å². The summed E-state index contributed by atoms with van der Waals surface area (Å²) >= 11 is 0. The number of rotatable bonds is 5. The zero-order valence-electron chi connectivity index (χ0n) is 6.48. The second-order valence-electron chi connectivity index (χ2n) is 1.46. The van der Waals surface area contributed by atoms with E-state index in [-0.39, 0.29) is 65.4 Å². The van der Waals surface area contributed by atoms with E-state index in [1.165, 1.54) is 0 Å². The molecule has 0 aromatic carbocycles. The monoisotopic (exact) mass is 294 g/mol. The minimum atomic E-state index is 0. The molecule has 2 radical (unpaired) electrons. The van der Waals surface area contributed by atoms with Crippen LogP contribution in [0.3, 0.4) is 0 Å². The molecule has 3 nitrogen and oxygen atoms in total. The average molecular weight is 294 g/mol. The van der Waals surface area contributed by atoms with Crippen LogP contribution in [0.15, 0.2) is 0 Å². The normalized spacial score (nSPS) is 7.80. The summed E-state index contributed by atoms with van der Waals surface area (Å²) in [5, 5.41) is 8.88. The van der Waals surface area contributed by atoms with Gasteiger partial charge < -0.3 is 10.6 Å². The van der Waals surface area contributed by atoms with Crippen LogP contribution in [-0.2, 0) is 65.4 Å². The Balaban J connectivity index is -0.000000245. The van der Waals surface area contributed by atoms with E-state index in [1.54, 1.807) is 0 Å². The van der Waals surface area contributed by atoms with Crippen LogP contribution in [0.5, 0.6) is 0 Å². The van der Waals surface area contributed by atoms with Gasteiger partial charge in [0, 0.05) is 78.8 Å². The Morgan fingerprint density at radius 1 is 1.10 bits per heavy atom. The van der Waals surface area contributed by atoms with Crippen molar-refractivity contribution in [2.24, 2.45) is 0 Å². The van der Waals surface area contributed by atoms with Crippen LogP contribution in [0.1, 0.15) is 6.92 Å². The molecule has 0 aromatic rings. The van der Waals surface area contributed by atoms with Crippen LogP contribution >= 0.6 is 0 Å². The molecule has 0 bridgehead atoms. The van der Waals surface area contributed by atoms with Crippen LogP contribution < -0.4 is 16.0 Å². The third kappa shape index (κ3) is 16.6. The zero-order valence-corrected chi connectivity index (χ0v) is 12.2. The van der Waals surface area contributed by atoms with Gasteiger partial charge in [-0.3, -0.25) is 12.4 Å². The van der Waals surface area contributed by atoms with Gasteiger partial charge in [0.2, 0.25) is 0 Å². The van der Waals surface area contributed by atoms with E-state index < -0.39 is 0 Å². The van der Waals surface area contributed by atoms with Gasteiger partial charge in [0.15, 0.2) is 0 Å². The Bertz CT molecular complexity index is 39.9. The molecule has 0 aliphatic heterocycles. The maximum absolute atomic E-state index is 3.44. The summed E-state index contributed by atoms with van der Waals surface area (Å²) < 4.78 is 0. The van der Waals surface area contributed by atoms with E-state index in [2.05, 4.69) is 29.9 Å². The van der Waals surface area contributed by atoms with E-state index in [1.807, 2.05) is 0 Å².